The molecule has 0 aliphatic rings. The number of carbonyl (C=O) groups excluding carboxylic acids is 1. The van der Waals surface area contributed by atoms with Crippen molar-refractivity contribution in [1.82, 2.24) is 15.5 Å². The number of nitrogens with zero attached hydrogens (tertiary/aromatic N) is 3. The van der Waals surface area contributed by atoms with Gasteiger partial charge in [0.2, 0.25) is 6.39 Å². The average Bonchev–Trinajstić information content (AvgIpc) is 2.88. The molecular formula is C10H7ClN4O4. The number of hydrogen-bond donors (Lipinski definition) is 1. The van der Waals surface area contributed by atoms with Crippen LogP contribution < -0.4 is 5.32 Å². The number of hydrogen-bond acceptors (Lipinski definition) is 6. The van der Waals surface area contributed by atoms with E-state index in [2.05, 4.69) is 20.0 Å². The first-order valence-electron chi connectivity index (χ1n) is 5.05. The number of halogens is 1. The molecule has 98 valence electrons. The second-order valence-electron chi connectivity index (χ2n) is 3.45. The summed E-state index contributed by atoms with van der Waals surface area (Å²) in [5.41, 5.74) is -0.0459. The molecule has 1 aromatic heterocycles. The van der Waals surface area contributed by atoms with Crippen molar-refractivity contribution in [3.63, 3.8) is 0 Å². The Morgan fingerprint density at radius 2 is 2.32 bits per heavy atom. The molecule has 0 aliphatic carbocycles. The van der Waals surface area contributed by atoms with Crippen LogP contribution in [0.4, 0.5) is 5.69 Å². The van der Waals surface area contributed by atoms with Gasteiger partial charge in [0.15, 0.2) is 5.82 Å². The Bertz CT molecular complexity index is 614. The monoisotopic (exact) mass is 282 g/mol. The molecule has 1 heterocycles. The van der Waals surface area contributed by atoms with Crippen LogP contribution in [-0.2, 0) is 6.54 Å². The molecule has 8 nitrogen and oxygen atoms in total. The maximum absolute atomic E-state index is 11.7. The van der Waals surface area contributed by atoms with Crippen LogP contribution in [0.3, 0.4) is 0 Å². The quantitative estimate of drug-likeness (QED) is 0.673. The maximum Gasteiger partial charge on any atom is 0.287 e. The summed E-state index contributed by atoms with van der Waals surface area (Å²) in [4.78, 5) is 25.4. The third-order valence-electron chi connectivity index (χ3n) is 2.22. The largest absolute Gasteiger partial charge is 0.345 e. The van der Waals surface area contributed by atoms with Crippen molar-refractivity contribution in [2.45, 2.75) is 6.54 Å². The van der Waals surface area contributed by atoms with E-state index in [-0.39, 0.29) is 22.8 Å². The molecule has 1 N–H and O–H groups in total. The van der Waals surface area contributed by atoms with Gasteiger partial charge in [-0.05, 0) is 12.1 Å². The van der Waals surface area contributed by atoms with E-state index in [0.717, 1.165) is 6.39 Å². The number of carbonyl (C=O) groups is 1. The van der Waals surface area contributed by atoms with Gasteiger partial charge in [-0.2, -0.15) is 4.98 Å². The lowest BCUT2D eigenvalue weighted by Crippen LogP contribution is -2.23. The van der Waals surface area contributed by atoms with E-state index in [1.165, 1.54) is 18.2 Å². The number of nitro benzene ring substituents is 1. The Balaban J connectivity index is 2.07. The number of amides is 1. The first kappa shape index (κ1) is 13.0. The van der Waals surface area contributed by atoms with E-state index in [0.29, 0.717) is 5.82 Å². The highest BCUT2D eigenvalue weighted by Gasteiger charge is 2.15. The second-order valence-corrected chi connectivity index (χ2v) is 3.86. The number of nitrogens with one attached hydrogen (secondary N) is 1. The van der Waals surface area contributed by atoms with Crippen molar-refractivity contribution < 1.29 is 14.2 Å². The van der Waals surface area contributed by atoms with Gasteiger partial charge in [0.25, 0.3) is 11.6 Å². The van der Waals surface area contributed by atoms with Crippen LogP contribution in [0.5, 0.6) is 0 Å². The molecule has 0 saturated carbocycles. The zero-order valence-electron chi connectivity index (χ0n) is 9.37. The third kappa shape index (κ3) is 3.05. The summed E-state index contributed by atoms with van der Waals surface area (Å²) in [5, 5.41) is 16.5. The Morgan fingerprint density at radius 3 is 2.89 bits per heavy atom. The van der Waals surface area contributed by atoms with Gasteiger partial charge < -0.3 is 9.84 Å². The lowest BCUT2D eigenvalue weighted by atomic mass is 10.2. The Labute approximate surface area is 111 Å². The second kappa shape index (κ2) is 5.44. The van der Waals surface area contributed by atoms with Crippen molar-refractivity contribution in [3.05, 3.63) is 51.1 Å². The Hall–Kier alpha value is -2.48. The fourth-order valence-electron chi connectivity index (χ4n) is 1.33. The molecule has 0 saturated heterocycles. The molecule has 2 rings (SSSR count). The molecule has 0 unspecified atom stereocenters. The van der Waals surface area contributed by atoms with Crippen molar-refractivity contribution in [3.8, 4) is 0 Å². The van der Waals surface area contributed by atoms with E-state index < -0.39 is 10.8 Å². The zero-order chi connectivity index (χ0) is 13.8. The summed E-state index contributed by atoms with van der Waals surface area (Å²) in [5.74, 6) is -0.122. The Morgan fingerprint density at radius 1 is 1.53 bits per heavy atom. The summed E-state index contributed by atoms with van der Waals surface area (Å²) in [6.07, 6.45) is 1.14. The van der Waals surface area contributed by atoms with Gasteiger partial charge in [0.1, 0.15) is 5.02 Å². The van der Waals surface area contributed by atoms with Crippen molar-refractivity contribution >= 4 is 23.2 Å². The number of rotatable bonds is 4. The molecule has 0 spiro atoms. The lowest BCUT2D eigenvalue weighted by Gasteiger charge is -2.03. The van der Waals surface area contributed by atoms with E-state index >= 15 is 0 Å². The van der Waals surface area contributed by atoms with E-state index in [1.54, 1.807) is 0 Å². The van der Waals surface area contributed by atoms with Crippen LogP contribution in [0.15, 0.2) is 29.1 Å². The molecule has 1 amide bonds. The predicted octanol–water partition coefficient (Wildman–Crippen LogP) is 1.56. The normalized spacial score (nSPS) is 10.2. The minimum Gasteiger partial charge on any atom is -0.345 e. The molecule has 19 heavy (non-hydrogen) atoms. The summed E-state index contributed by atoms with van der Waals surface area (Å²) >= 11 is 5.71. The molecule has 0 bridgehead atoms. The highest BCUT2D eigenvalue weighted by Crippen LogP contribution is 2.24. The minimum absolute atomic E-state index is 0.0872. The first-order valence-corrected chi connectivity index (χ1v) is 5.43. The highest BCUT2D eigenvalue weighted by molar-refractivity contribution is 6.33. The van der Waals surface area contributed by atoms with Gasteiger partial charge >= 0.3 is 0 Å². The summed E-state index contributed by atoms with van der Waals surface area (Å²) in [6.45, 7) is 0.0872. The molecule has 0 fully saturated rings. The summed E-state index contributed by atoms with van der Waals surface area (Å²) in [7, 11) is 0. The Kier molecular flexibility index (Phi) is 3.71. The molecule has 9 heteroatoms. The fraction of sp³-hybridized carbons (Fsp3) is 0.100. The lowest BCUT2D eigenvalue weighted by molar-refractivity contribution is -0.384. The molecule has 0 radical (unpaired) electrons. The maximum atomic E-state index is 11.7. The molecule has 0 aliphatic heterocycles. The van der Waals surface area contributed by atoms with Crippen LogP contribution in [-0.4, -0.2) is 21.0 Å². The van der Waals surface area contributed by atoms with E-state index in [4.69, 9.17) is 11.6 Å². The van der Waals surface area contributed by atoms with Gasteiger partial charge in [-0.25, -0.2) is 0 Å². The van der Waals surface area contributed by atoms with Crippen LogP contribution in [0.25, 0.3) is 0 Å². The topological polar surface area (TPSA) is 111 Å². The first-order chi connectivity index (χ1) is 9.08. The van der Waals surface area contributed by atoms with Gasteiger partial charge in [-0.15, -0.1) is 0 Å². The van der Waals surface area contributed by atoms with Crippen molar-refractivity contribution in [2.24, 2.45) is 0 Å². The smallest absolute Gasteiger partial charge is 0.287 e. The standard InChI is InChI=1S/C10H7ClN4O4/c11-7-3-6(1-2-8(7)15(17)18)10(16)12-4-9-13-5-19-14-9/h1-3,5H,4H2,(H,12,16). The molecule has 1 aromatic carbocycles. The average molecular weight is 283 g/mol. The van der Waals surface area contributed by atoms with Gasteiger partial charge in [-0.1, -0.05) is 16.8 Å². The van der Waals surface area contributed by atoms with Crippen LogP contribution in [0.2, 0.25) is 5.02 Å². The van der Waals surface area contributed by atoms with E-state index in [1.807, 2.05) is 0 Å². The number of aromatic nitrogens is 2. The SMILES string of the molecule is O=C(NCc1ncon1)c1ccc([N+](=O)[O-])c(Cl)c1. The van der Waals surface area contributed by atoms with Gasteiger partial charge in [-0.3, -0.25) is 14.9 Å². The summed E-state index contributed by atoms with van der Waals surface area (Å²) in [6, 6.07) is 3.71. The van der Waals surface area contributed by atoms with Crippen LogP contribution in [0, 0.1) is 10.1 Å². The van der Waals surface area contributed by atoms with Crippen LogP contribution >= 0.6 is 11.6 Å². The fourth-order valence-corrected chi connectivity index (χ4v) is 1.58. The molecular weight excluding hydrogens is 276 g/mol. The number of benzene rings is 1. The molecule has 0 atom stereocenters. The van der Waals surface area contributed by atoms with Gasteiger partial charge in [0.05, 0.1) is 11.5 Å². The van der Waals surface area contributed by atoms with Crippen molar-refractivity contribution in [1.29, 1.82) is 0 Å². The summed E-state index contributed by atoms with van der Waals surface area (Å²) < 4.78 is 4.51. The van der Waals surface area contributed by atoms with E-state index in [9.17, 15) is 14.9 Å². The number of nitro groups is 1. The van der Waals surface area contributed by atoms with Gasteiger partial charge in [0, 0.05) is 11.6 Å². The minimum atomic E-state index is -0.622. The highest BCUT2D eigenvalue weighted by atomic mass is 35.5. The van der Waals surface area contributed by atoms with Crippen molar-refractivity contribution in [2.75, 3.05) is 0 Å². The zero-order valence-corrected chi connectivity index (χ0v) is 10.1. The van der Waals surface area contributed by atoms with Crippen LogP contribution in [0.1, 0.15) is 16.2 Å². The molecule has 2 aromatic rings. The third-order valence-corrected chi connectivity index (χ3v) is 2.52. The predicted molar refractivity (Wildman–Crippen MR) is 63.6 cm³/mol.